The van der Waals surface area contributed by atoms with E-state index in [1.54, 1.807) is 13.2 Å². The molecule has 2 aromatic rings. The number of carbonyl (C=O) groups is 1. The normalized spacial score (nSPS) is 14.7. The Morgan fingerprint density at radius 1 is 1.31 bits per heavy atom. The summed E-state index contributed by atoms with van der Waals surface area (Å²) >= 11 is 6.44. The number of hydrogen-bond donors (Lipinski definition) is 2. The van der Waals surface area contributed by atoms with Crippen LogP contribution < -0.4 is 15.0 Å². The van der Waals surface area contributed by atoms with Gasteiger partial charge in [0.15, 0.2) is 0 Å². The van der Waals surface area contributed by atoms with E-state index in [4.69, 9.17) is 16.3 Å². The summed E-state index contributed by atoms with van der Waals surface area (Å²) in [7, 11) is 1.57. The van der Waals surface area contributed by atoms with Crippen LogP contribution in [-0.2, 0) is 6.54 Å². The molecule has 158 valence electrons. The molecule has 0 atom stereocenters. The lowest BCUT2D eigenvalue weighted by atomic mass is 9.93. The molecule has 0 radical (unpaired) electrons. The first kappa shape index (κ1) is 21.5. The van der Waals surface area contributed by atoms with Gasteiger partial charge in [-0.05, 0) is 51.3 Å². The fourth-order valence-electron chi connectivity index (χ4n) is 4.29. The number of nitrogens with zero attached hydrogens (tertiary/aromatic N) is 2. The molecule has 1 fully saturated rings. The quantitative estimate of drug-likeness (QED) is 0.678. The maximum absolute atomic E-state index is 13.0. The zero-order chi connectivity index (χ0) is 21.0. The first-order valence-electron chi connectivity index (χ1n) is 10.4. The Morgan fingerprint density at radius 2 is 2.03 bits per heavy atom. The van der Waals surface area contributed by atoms with Gasteiger partial charge in [-0.15, -0.1) is 5.10 Å². The molecule has 0 unspecified atom stereocenters. The molecule has 29 heavy (non-hydrogen) atoms. The second kappa shape index (κ2) is 9.53. The molecule has 3 rings (SSSR count). The number of H-pyrrole nitrogens is 1. The third kappa shape index (κ3) is 4.69. The van der Waals surface area contributed by atoms with Crippen molar-refractivity contribution in [3.05, 3.63) is 39.5 Å². The van der Waals surface area contributed by atoms with Crippen molar-refractivity contribution in [3.8, 4) is 5.88 Å². The van der Waals surface area contributed by atoms with Crippen LogP contribution >= 0.6 is 11.6 Å². The molecule has 0 saturated heterocycles. The fraction of sp³-hybridized carbons (Fsp3) is 0.545. The van der Waals surface area contributed by atoms with Crippen molar-refractivity contribution in [2.24, 2.45) is 0 Å². The summed E-state index contributed by atoms with van der Waals surface area (Å²) in [6, 6.07) is 4.26. The van der Waals surface area contributed by atoms with Gasteiger partial charge in [0, 0.05) is 34.6 Å². The number of halogens is 1. The third-order valence-corrected chi connectivity index (χ3v) is 6.13. The average molecular weight is 419 g/mol. The van der Waals surface area contributed by atoms with Crippen LogP contribution in [0, 0.1) is 13.8 Å². The van der Waals surface area contributed by atoms with Crippen molar-refractivity contribution in [2.45, 2.75) is 65.5 Å². The summed E-state index contributed by atoms with van der Waals surface area (Å²) in [6.45, 7) is 7.32. The highest BCUT2D eigenvalue weighted by Crippen LogP contribution is 2.33. The molecule has 1 heterocycles. The molecule has 7 heteroatoms. The second-order valence-electron chi connectivity index (χ2n) is 7.69. The van der Waals surface area contributed by atoms with E-state index in [2.05, 4.69) is 27.3 Å². The molecule has 0 spiro atoms. The Hall–Kier alpha value is -2.21. The van der Waals surface area contributed by atoms with E-state index in [-0.39, 0.29) is 5.91 Å². The molecule has 1 aliphatic rings. The lowest BCUT2D eigenvalue weighted by Crippen LogP contribution is -2.37. The van der Waals surface area contributed by atoms with Gasteiger partial charge in [0.25, 0.3) is 5.91 Å². The van der Waals surface area contributed by atoms with Crippen LogP contribution in [-0.4, -0.2) is 35.8 Å². The molecule has 1 saturated carbocycles. The maximum atomic E-state index is 13.0. The fourth-order valence-corrected chi connectivity index (χ4v) is 4.50. The van der Waals surface area contributed by atoms with Gasteiger partial charge in [-0.3, -0.25) is 9.89 Å². The van der Waals surface area contributed by atoms with Crippen molar-refractivity contribution in [1.29, 1.82) is 0 Å². The number of methoxy groups -OCH3 is 1. The SMILES string of the molecule is CCN(c1cc(Cl)cc(C(=O)NCc2c(OC)n[nH]c2C)c1C)C1CCCCC1. The lowest BCUT2D eigenvalue weighted by molar-refractivity contribution is 0.0950. The van der Waals surface area contributed by atoms with E-state index in [0.717, 1.165) is 29.1 Å². The van der Waals surface area contributed by atoms with Gasteiger partial charge in [0.1, 0.15) is 0 Å². The van der Waals surface area contributed by atoms with E-state index >= 15 is 0 Å². The van der Waals surface area contributed by atoms with Gasteiger partial charge in [-0.25, -0.2) is 0 Å². The smallest absolute Gasteiger partial charge is 0.251 e. The average Bonchev–Trinajstić information content (AvgIpc) is 3.09. The largest absolute Gasteiger partial charge is 0.480 e. The molecule has 0 bridgehead atoms. The molecular weight excluding hydrogens is 388 g/mol. The summed E-state index contributed by atoms with van der Waals surface area (Å²) in [6.07, 6.45) is 6.23. The molecule has 2 N–H and O–H groups in total. The number of rotatable bonds is 7. The lowest BCUT2D eigenvalue weighted by Gasteiger charge is -2.36. The maximum Gasteiger partial charge on any atom is 0.251 e. The van der Waals surface area contributed by atoms with Crippen molar-refractivity contribution < 1.29 is 9.53 Å². The van der Waals surface area contributed by atoms with Gasteiger partial charge in [-0.1, -0.05) is 30.9 Å². The van der Waals surface area contributed by atoms with Crippen LogP contribution in [0.4, 0.5) is 5.69 Å². The Kier molecular flexibility index (Phi) is 7.06. The standard InChI is InChI=1S/C22H31ClN4O2/c1-5-27(17-9-7-6-8-10-17)20-12-16(23)11-18(14(20)2)21(28)24-13-19-15(3)25-26-22(19)29-4/h11-12,17H,5-10,13H2,1-4H3,(H,24,28)(H,25,26). The highest BCUT2D eigenvalue weighted by molar-refractivity contribution is 6.31. The van der Waals surface area contributed by atoms with Gasteiger partial charge in [-0.2, -0.15) is 0 Å². The summed E-state index contributed by atoms with van der Waals surface area (Å²) in [5.74, 6) is 0.356. The van der Waals surface area contributed by atoms with Crippen molar-refractivity contribution in [1.82, 2.24) is 15.5 Å². The zero-order valence-electron chi connectivity index (χ0n) is 17.8. The number of ether oxygens (including phenoxy) is 1. The van der Waals surface area contributed by atoms with Crippen molar-refractivity contribution >= 4 is 23.2 Å². The number of benzene rings is 1. The number of aromatic amines is 1. The summed E-state index contributed by atoms with van der Waals surface area (Å²) in [5, 5.41) is 10.6. The highest BCUT2D eigenvalue weighted by atomic mass is 35.5. The molecule has 6 nitrogen and oxygen atoms in total. The minimum Gasteiger partial charge on any atom is -0.480 e. The van der Waals surface area contributed by atoms with Crippen LogP contribution in [0.3, 0.4) is 0 Å². The molecule has 1 aromatic heterocycles. The Labute approximate surface area is 178 Å². The summed E-state index contributed by atoms with van der Waals surface area (Å²) < 4.78 is 5.26. The van der Waals surface area contributed by atoms with Crippen LogP contribution in [0.5, 0.6) is 5.88 Å². The van der Waals surface area contributed by atoms with Crippen LogP contribution in [0.15, 0.2) is 12.1 Å². The number of carbonyl (C=O) groups excluding carboxylic acids is 1. The first-order chi connectivity index (χ1) is 14.0. The molecule has 0 aliphatic heterocycles. The topological polar surface area (TPSA) is 70.2 Å². The van der Waals surface area contributed by atoms with E-state index < -0.39 is 0 Å². The zero-order valence-corrected chi connectivity index (χ0v) is 18.5. The minimum atomic E-state index is -0.145. The molecular formula is C22H31ClN4O2. The van der Waals surface area contributed by atoms with Gasteiger partial charge < -0.3 is 15.0 Å². The van der Waals surface area contributed by atoms with Crippen LogP contribution in [0.1, 0.15) is 66.2 Å². The van der Waals surface area contributed by atoms with Crippen LogP contribution in [0.2, 0.25) is 5.02 Å². The van der Waals surface area contributed by atoms with E-state index in [1.165, 1.54) is 32.1 Å². The van der Waals surface area contributed by atoms with Crippen molar-refractivity contribution in [3.63, 3.8) is 0 Å². The van der Waals surface area contributed by atoms with Gasteiger partial charge in [0.05, 0.1) is 19.2 Å². The predicted octanol–water partition coefficient (Wildman–Crippen LogP) is 4.78. The molecule has 1 aliphatic carbocycles. The van der Waals surface area contributed by atoms with Gasteiger partial charge in [0.2, 0.25) is 5.88 Å². The number of aromatic nitrogens is 2. The van der Waals surface area contributed by atoms with E-state index in [0.29, 0.717) is 29.1 Å². The number of nitrogens with one attached hydrogen (secondary N) is 2. The Bertz CT molecular complexity index is 859. The minimum absolute atomic E-state index is 0.145. The summed E-state index contributed by atoms with van der Waals surface area (Å²) in [5.41, 5.74) is 4.37. The number of amides is 1. The molecule has 1 amide bonds. The highest BCUT2D eigenvalue weighted by Gasteiger charge is 2.24. The summed E-state index contributed by atoms with van der Waals surface area (Å²) in [4.78, 5) is 15.4. The molecule has 1 aromatic carbocycles. The van der Waals surface area contributed by atoms with Crippen LogP contribution in [0.25, 0.3) is 0 Å². The van der Waals surface area contributed by atoms with E-state index in [1.807, 2.05) is 19.9 Å². The number of anilines is 1. The van der Waals surface area contributed by atoms with E-state index in [9.17, 15) is 4.79 Å². The van der Waals surface area contributed by atoms with Gasteiger partial charge >= 0.3 is 0 Å². The second-order valence-corrected chi connectivity index (χ2v) is 8.13. The first-order valence-corrected chi connectivity index (χ1v) is 10.8. The number of aryl methyl sites for hydroxylation is 1. The Balaban J connectivity index is 1.83. The monoisotopic (exact) mass is 418 g/mol. The Morgan fingerprint density at radius 3 is 2.69 bits per heavy atom. The van der Waals surface area contributed by atoms with Crippen molar-refractivity contribution in [2.75, 3.05) is 18.6 Å². The predicted molar refractivity (Wildman–Crippen MR) is 117 cm³/mol. The number of hydrogen-bond acceptors (Lipinski definition) is 4. The third-order valence-electron chi connectivity index (χ3n) is 5.91.